The Morgan fingerprint density at radius 3 is 2.00 bits per heavy atom. The lowest BCUT2D eigenvalue weighted by molar-refractivity contribution is 0.100. The maximum Gasteiger partial charge on any atom is 0.248 e. The number of benzene rings is 1. The summed E-state index contributed by atoms with van der Waals surface area (Å²) in [6.45, 7) is 0. The summed E-state index contributed by atoms with van der Waals surface area (Å²) in [6, 6.07) is 10.9. The zero-order valence-corrected chi connectivity index (χ0v) is 9.14. The van der Waals surface area contributed by atoms with E-state index in [1.165, 1.54) is 24.3 Å². The molecule has 0 aliphatic carbocycles. The third kappa shape index (κ3) is 2.85. The molecule has 0 spiro atoms. The number of allylic oxidation sites excluding steroid dienone is 2. The van der Waals surface area contributed by atoms with Crippen LogP contribution in [0.25, 0.3) is 0 Å². The van der Waals surface area contributed by atoms with Gasteiger partial charge >= 0.3 is 0 Å². The number of nitrogens with zero attached hydrogens (tertiary/aromatic N) is 3. The van der Waals surface area contributed by atoms with Crippen LogP contribution in [0.2, 0.25) is 0 Å². The first kappa shape index (κ1) is 12.8. The van der Waals surface area contributed by atoms with Crippen LogP contribution in [0, 0.1) is 34.0 Å². The quantitative estimate of drug-likeness (QED) is 0.758. The molecule has 0 saturated heterocycles. The number of primary amides is 1. The van der Waals surface area contributed by atoms with Gasteiger partial charge in [-0.2, -0.15) is 15.8 Å². The zero-order chi connectivity index (χ0) is 13.5. The van der Waals surface area contributed by atoms with Crippen LogP contribution in [0.4, 0.5) is 5.69 Å². The number of rotatable bonds is 3. The van der Waals surface area contributed by atoms with Gasteiger partial charge in [-0.25, -0.2) is 0 Å². The van der Waals surface area contributed by atoms with Gasteiger partial charge in [0.05, 0.1) is 0 Å². The second-order valence-electron chi connectivity index (χ2n) is 3.15. The molecular formula is C12H7N5O. The van der Waals surface area contributed by atoms with Gasteiger partial charge in [0.1, 0.15) is 23.9 Å². The van der Waals surface area contributed by atoms with Crippen molar-refractivity contribution in [3.63, 3.8) is 0 Å². The smallest absolute Gasteiger partial charge is 0.248 e. The highest BCUT2D eigenvalue weighted by molar-refractivity contribution is 5.93. The summed E-state index contributed by atoms with van der Waals surface area (Å²) >= 11 is 0. The minimum Gasteiger partial charge on any atom is -0.366 e. The van der Waals surface area contributed by atoms with Crippen LogP contribution in [0.3, 0.4) is 0 Å². The Hall–Kier alpha value is -3.30. The number of hydrogen-bond donors (Lipinski definition) is 2. The van der Waals surface area contributed by atoms with Gasteiger partial charge in [-0.05, 0) is 24.3 Å². The molecule has 0 saturated carbocycles. The van der Waals surface area contributed by atoms with E-state index in [0.29, 0.717) is 11.3 Å². The van der Waals surface area contributed by atoms with Crippen LogP contribution in [0.5, 0.6) is 0 Å². The fraction of sp³-hybridized carbons (Fsp3) is 0. The van der Waals surface area contributed by atoms with Crippen molar-refractivity contribution in [2.75, 3.05) is 5.32 Å². The molecule has 1 aromatic carbocycles. The predicted octanol–water partition coefficient (Wildman–Crippen LogP) is 1.02. The monoisotopic (exact) mass is 237 g/mol. The average molecular weight is 237 g/mol. The molecule has 0 bridgehead atoms. The highest BCUT2D eigenvalue weighted by Gasteiger charge is 2.06. The van der Waals surface area contributed by atoms with Crippen molar-refractivity contribution in [1.29, 1.82) is 15.8 Å². The van der Waals surface area contributed by atoms with Crippen molar-refractivity contribution >= 4 is 11.6 Å². The largest absolute Gasteiger partial charge is 0.366 e. The molecule has 0 aromatic heterocycles. The first-order valence-electron chi connectivity index (χ1n) is 4.73. The fourth-order valence-electron chi connectivity index (χ4n) is 1.15. The number of hydrogen-bond acceptors (Lipinski definition) is 5. The highest BCUT2D eigenvalue weighted by Crippen LogP contribution is 2.13. The average Bonchev–Trinajstić information content (AvgIpc) is 2.39. The SMILES string of the molecule is N#CC(C#N)=C(C#N)Nc1ccc(C(N)=O)cc1. The summed E-state index contributed by atoms with van der Waals surface area (Å²) in [5.41, 5.74) is 5.41. The number of carbonyl (C=O) groups excluding carboxylic acids is 1. The Bertz CT molecular complexity index is 606. The van der Waals surface area contributed by atoms with E-state index in [2.05, 4.69) is 5.32 Å². The van der Waals surface area contributed by atoms with Crippen molar-refractivity contribution in [3.05, 3.63) is 41.1 Å². The molecule has 6 heteroatoms. The number of anilines is 1. The predicted molar refractivity (Wildman–Crippen MR) is 62.4 cm³/mol. The molecule has 1 aromatic rings. The molecule has 0 aliphatic heterocycles. The minimum absolute atomic E-state index is 0.146. The molecular weight excluding hydrogens is 230 g/mol. The van der Waals surface area contributed by atoms with Crippen LogP contribution in [-0.4, -0.2) is 5.91 Å². The first-order chi connectivity index (χ1) is 8.62. The van der Waals surface area contributed by atoms with Crippen molar-refractivity contribution in [2.24, 2.45) is 5.73 Å². The maximum absolute atomic E-state index is 10.8. The standard InChI is InChI=1S/C12H7N5O/c13-5-9(6-14)11(7-15)17-10-3-1-8(2-4-10)12(16)18/h1-4,17H,(H2,16,18). The van der Waals surface area contributed by atoms with Crippen LogP contribution in [0.15, 0.2) is 35.5 Å². The van der Waals surface area contributed by atoms with Crippen LogP contribution >= 0.6 is 0 Å². The molecule has 0 fully saturated rings. The second-order valence-corrected chi connectivity index (χ2v) is 3.15. The third-order valence-electron chi connectivity index (χ3n) is 2.02. The molecule has 0 aliphatic rings. The Labute approximate surface area is 103 Å². The number of amides is 1. The number of nitrogens with two attached hydrogens (primary N) is 1. The van der Waals surface area contributed by atoms with Gasteiger partial charge in [-0.3, -0.25) is 4.79 Å². The van der Waals surface area contributed by atoms with Gasteiger partial charge in [-0.15, -0.1) is 0 Å². The lowest BCUT2D eigenvalue weighted by atomic mass is 10.2. The van der Waals surface area contributed by atoms with Crippen molar-refractivity contribution in [2.45, 2.75) is 0 Å². The van der Waals surface area contributed by atoms with Gasteiger partial charge in [0.25, 0.3) is 0 Å². The third-order valence-corrected chi connectivity index (χ3v) is 2.02. The molecule has 0 heterocycles. The summed E-state index contributed by atoms with van der Waals surface area (Å²) < 4.78 is 0. The molecule has 1 rings (SSSR count). The molecule has 86 valence electrons. The van der Waals surface area contributed by atoms with E-state index in [1.54, 1.807) is 18.2 Å². The summed E-state index contributed by atoms with van der Waals surface area (Å²) in [6.07, 6.45) is 0. The number of nitriles is 3. The molecule has 3 N–H and O–H groups in total. The van der Waals surface area contributed by atoms with E-state index in [4.69, 9.17) is 21.5 Å². The molecule has 18 heavy (non-hydrogen) atoms. The van der Waals surface area contributed by atoms with Crippen LogP contribution in [0.1, 0.15) is 10.4 Å². The Morgan fingerprint density at radius 2 is 1.61 bits per heavy atom. The summed E-state index contributed by atoms with van der Waals surface area (Å²) in [5.74, 6) is -0.563. The van der Waals surface area contributed by atoms with E-state index < -0.39 is 5.91 Å². The van der Waals surface area contributed by atoms with Gasteiger partial charge in [-0.1, -0.05) is 0 Å². The molecule has 1 amide bonds. The summed E-state index contributed by atoms with van der Waals surface area (Å²) in [5, 5.41) is 28.7. The first-order valence-corrected chi connectivity index (χ1v) is 4.73. The maximum atomic E-state index is 10.8. The Kier molecular flexibility index (Phi) is 4.04. The minimum atomic E-state index is -0.563. The van der Waals surface area contributed by atoms with Crippen molar-refractivity contribution < 1.29 is 4.79 Å². The van der Waals surface area contributed by atoms with Gasteiger partial charge in [0.15, 0.2) is 5.57 Å². The topological polar surface area (TPSA) is 126 Å². The molecule has 0 atom stereocenters. The number of nitrogens with one attached hydrogen (secondary N) is 1. The number of carbonyl (C=O) groups is 1. The van der Waals surface area contributed by atoms with E-state index in [-0.39, 0.29) is 11.3 Å². The fourth-order valence-corrected chi connectivity index (χ4v) is 1.15. The molecule has 0 unspecified atom stereocenters. The molecule has 6 nitrogen and oxygen atoms in total. The Balaban J connectivity index is 3.03. The summed E-state index contributed by atoms with van der Waals surface area (Å²) in [4.78, 5) is 10.8. The summed E-state index contributed by atoms with van der Waals surface area (Å²) in [7, 11) is 0. The van der Waals surface area contributed by atoms with E-state index in [0.717, 1.165) is 0 Å². The zero-order valence-electron chi connectivity index (χ0n) is 9.14. The van der Waals surface area contributed by atoms with Crippen molar-refractivity contribution in [1.82, 2.24) is 0 Å². The van der Waals surface area contributed by atoms with Gasteiger partial charge in [0.2, 0.25) is 5.91 Å². The van der Waals surface area contributed by atoms with Crippen LogP contribution < -0.4 is 11.1 Å². The highest BCUT2D eigenvalue weighted by atomic mass is 16.1. The van der Waals surface area contributed by atoms with E-state index >= 15 is 0 Å². The van der Waals surface area contributed by atoms with Gasteiger partial charge < -0.3 is 11.1 Å². The van der Waals surface area contributed by atoms with Crippen molar-refractivity contribution in [3.8, 4) is 18.2 Å². The lowest BCUT2D eigenvalue weighted by Crippen LogP contribution is -2.10. The van der Waals surface area contributed by atoms with Gasteiger partial charge in [0, 0.05) is 11.3 Å². The van der Waals surface area contributed by atoms with E-state index in [9.17, 15) is 4.79 Å². The van der Waals surface area contributed by atoms with Crippen LogP contribution in [-0.2, 0) is 0 Å². The second kappa shape index (κ2) is 5.69. The lowest BCUT2D eigenvalue weighted by Gasteiger charge is -2.04. The van der Waals surface area contributed by atoms with E-state index in [1.807, 2.05) is 0 Å². The normalized spacial score (nSPS) is 8.28. The Morgan fingerprint density at radius 1 is 1.06 bits per heavy atom. The molecule has 0 radical (unpaired) electrons.